The highest BCUT2D eigenvalue weighted by molar-refractivity contribution is 4.82. The summed E-state index contributed by atoms with van der Waals surface area (Å²) in [4.78, 5) is 0. The topological polar surface area (TPSA) is 41.5 Å². The van der Waals surface area contributed by atoms with E-state index in [1.165, 1.54) is 12.8 Å². The second-order valence-corrected chi connectivity index (χ2v) is 3.46. The summed E-state index contributed by atoms with van der Waals surface area (Å²) in [5.41, 5.74) is 0. The van der Waals surface area contributed by atoms with Crippen molar-refractivity contribution in [3.8, 4) is 0 Å². The Morgan fingerprint density at radius 1 is 1.42 bits per heavy atom. The van der Waals surface area contributed by atoms with E-state index in [1.807, 2.05) is 0 Å². The second kappa shape index (κ2) is 5.51. The number of aliphatic hydroxyl groups is 1. The molecule has 0 aromatic carbocycles. The fourth-order valence-electron chi connectivity index (χ4n) is 1.75. The maximum Gasteiger partial charge on any atom is 0.0584 e. The van der Waals surface area contributed by atoms with Gasteiger partial charge in [0.1, 0.15) is 0 Å². The first-order chi connectivity index (χ1) is 5.86. The number of hydrogen-bond donors (Lipinski definition) is 2. The van der Waals surface area contributed by atoms with Crippen molar-refractivity contribution in [1.29, 1.82) is 0 Å². The molecule has 2 unspecified atom stereocenters. The van der Waals surface area contributed by atoms with Crippen LogP contribution in [0.5, 0.6) is 0 Å². The lowest BCUT2D eigenvalue weighted by atomic mass is 10.1. The van der Waals surface area contributed by atoms with Gasteiger partial charge in [-0.25, -0.2) is 0 Å². The van der Waals surface area contributed by atoms with E-state index < -0.39 is 0 Å². The van der Waals surface area contributed by atoms with Gasteiger partial charge >= 0.3 is 0 Å². The van der Waals surface area contributed by atoms with Crippen molar-refractivity contribution in [2.75, 3.05) is 20.3 Å². The molecule has 1 rings (SSSR count). The maximum atomic E-state index is 8.87. The summed E-state index contributed by atoms with van der Waals surface area (Å²) >= 11 is 0. The number of hydrogen-bond acceptors (Lipinski definition) is 3. The zero-order valence-corrected chi connectivity index (χ0v) is 7.75. The molecule has 2 atom stereocenters. The Kier molecular flexibility index (Phi) is 4.58. The van der Waals surface area contributed by atoms with E-state index in [0.29, 0.717) is 12.1 Å². The molecule has 2 N–H and O–H groups in total. The van der Waals surface area contributed by atoms with Gasteiger partial charge in [0.15, 0.2) is 0 Å². The van der Waals surface area contributed by atoms with Crippen molar-refractivity contribution in [2.24, 2.45) is 0 Å². The van der Waals surface area contributed by atoms with Crippen molar-refractivity contribution in [3.63, 3.8) is 0 Å². The Labute approximate surface area is 74.1 Å². The van der Waals surface area contributed by atoms with Crippen molar-refractivity contribution >= 4 is 0 Å². The molecule has 0 radical (unpaired) electrons. The zero-order valence-electron chi connectivity index (χ0n) is 7.75. The number of aliphatic hydroxyl groups excluding tert-OH is 1. The van der Waals surface area contributed by atoms with Crippen LogP contribution < -0.4 is 5.32 Å². The van der Waals surface area contributed by atoms with Gasteiger partial charge < -0.3 is 15.2 Å². The second-order valence-electron chi connectivity index (χ2n) is 3.46. The SMILES string of the molecule is COCCCC1CCC(CO)N1. The highest BCUT2D eigenvalue weighted by Gasteiger charge is 2.21. The van der Waals surface area contributed by atoms with Crippen LogP contribution in [0.2, 0.25) is 0 Å². The predicted molar refractivity (Wildman–Crippen MR) is 48.1 cm³/mol. The van der Waals surface area contributed by atoms with Crippen LogP contribution in [0.4, 0.5) is 0 Å². The number of rotatable bonds is 5. The minimum atomic E-state index is 0.279. The minimum Gasteiger partial charge on any atom is -0.395 e. The first-order valence-corrected chi connectivity index (χ1v) is 4.72. The molecule has 0 aliphatic carbocycles. The minimum absolute atomic E-state index is 0.279. The maximum absolute atomic E-state index is 8.87. The van der Waals surface area contributed by atoms with E-state index in [-0.39, 0.29) is 6.61 Å². The lowest BCUT2D eigenvalue weighted by Gasteiger charge is -2.11. The number of nitrogens with one attached hydrogen (secondary N) is 1. The normalized spacial score (nSPS) is 29.5. The summed E-state index contributed by atoms with van der Waals surface area (Å²) in [6, 6.07) is 0.954. The van der Waals surface area contributed by atoms with Gasteiger partial charge in [0.2, 0.25) is 0 Å². The Morgan fingerprint density at radius 3 is 2.75 bits per heavy atom. The summed E-state index contributed by atoms with van der Waals surface area (Å²) < 4.78 is 4.98. The monoisotopic (exact) mass is 173 g/mol. The third-order valence-corrected chi connectivity index (χ3v) is 2.46. The van der Waals surface area contributed by atoms with Crippen LogP contribution in [0.1, 0.15) is 25.7 Å². The Bertz CT molecular complexity index is 119. The van der Waals surface area contributed by atoms with Crippen LogP contribution in [0.15, 0.2) is 0 Å². The average molecular weight is 173 g/mol. The molecule has 1 aliphatic rings. The zero-order chi connectivity index (χ0) is 8.81. The summed E-state index contributed by atoms with van der Waals surface area (Å²) in [6.07, 6.45) is 4.61. The Morgan fingerprint density at radius 2 is 2.17 bits per heavy atom. The third kappa shape index (κ3) is 3.09. The molecule has 72 valence electrons. The summed E-state index contributed by atoms with van der Waals surface area (Å²) in [7, 11) is 1.73. The highest BCUT2D eigenvalue weighted by Crippen LogP contribution is 2.15. The van der Waals surface area contributed by atoms with E-state index in [9.17, 15) is 0 Å². The fraction of sp³-hybridized carbons (Fsp3) is 1.00. The number of ether oxygens (including phenoxy) is 1. The smallest absolute Gasteiger partial charge is 0.0584 e. The van der Waals surface area contributed by atoms with E-state index in [0.717, 1.165) is 19.4 Å². The van der Waals surface area contributed by atoms with Gasteiger partial charge in [-0.1, -0.05) is 0 Å². The molecule has 0 bridgehead atoms. The number of methoxy groups -OCH3 is 1. The van der Waals surface area contributed by atoms with Gasteiger partial charge in [0, 0.05) is 25.8 Å². The molecule has 12 heavy (non-hydrogen) atoms. The molecule has 1 saturated heterocycles. The van der Waals surface area contributed by atoms with Gasteiger partial charge in [0.25, 0.3) is 0 Å². The van der Waals surface area contributed by atoms with Gasteiger partial charge in [-0.15, -0.1) is 0 Å². The lowest BCUT2D eigenvalue weighted by Crippen LogP contribution is -2.31. The van der Waals surface area contributed by atoms with E-state index in [4.69, 9.17) is 9.84 Å². The molecule has 0 spiro atoms. The van der Waals surface area contributed by atoms with Crippen molar-refractivity contribution in [1.82, 2.24) is 5.32 Å². The molecular weight excluding hydrogens is 154 g/mol. The highest BCUT2D eigenvalue weighted by atomic mass is 16.5. The van der Waals surface area contributed by atoms with Crippen LogP contribution in [-0.2, 0) is 4.74 Å². The van der Waals surface area contributed by atoms with Gasteiger partial charge in [-0.05, 0) is 25.7 Å². The largest absolute Gasteiger partial charge is 0.395 e. The van der Waals surface area contributed by atoms with Crippen LogP contribution in [0, 0.1) is 0 Å². The predicted octanol–water partition coefficient (Wildman–Crippen LogP) is 0.526. The van der Waals surface area contributed by atoms with Gasteiger partial charge in [-0.2, -0.15) is 0 Å². The molecule has 1 aliphatic heterocycles. The van der Waals surface area contributed by atoms with Crippen LogP contribution in [0.25, 0.3) is 0 Å². The average Bonchev–Trinajstić information content (AvgIpc) is 2.53. The van der Waals surface area contributed by atoms with E-state index in [1.54, 1.807) is 7.11 Å². The summed E-state index contributed by atoms with van der Waals surface area (Å²) in [5, 5.41) is 12.3. The molecule has 0 aromatic rings. The summed E-state index contributed by atoms with van der Waals surface area (Å²) in [5.74, 6) is 0. The lowest BCUT2D eigenvalue weighted by molar-refractivity contribution is 0.188. The van der Waals surface area contributed by atoms with Gasteiger partial charge in [0.05, 0.1) is 6.61 Å². The van der Waals surface area contributed by atoms with E-state index >= 15 is 0 Å². The van der Waals surface area contributed by atoms with E-state index in [2.05, 4.69) is 5.32 Å². The molecule has 3 heteroatoms. The molecule has 3 nitrogen and oxygen atoms in total. The fourth-order valence-corrected chi connectivity index (χ4v) is 1.75. The molecular formula is C9H19NO2. The van der Waals surface area contributed by atoms with Crippen molar-refractivity contribution in [2.45, 2.75) is 37.8 Å². The van der Waals surface area contributed by atoms with Crippen molar-refractivity contribution in [3.05, 3.63) is 0 Å². The molecule has 0 saturated carbocycles. The van der Waals surface area contributed by atoms with Crippen LogP contribution in [0.3, 0.4) is 0 Å². The molecule has 0 amide bonds. The molecule has 1 heterocycles. The first-order valence-electron chi connectivity index (χ1n) is 4.72. The first kappa shape index (κ1) is 9.96. The van der Waals surface area contributed by atoms with Crippen molar-refractivity contribution < 1.29 is 9.84 Å². The van der Waals surface area contributed by atoms with Crippen LogP contribution >= 0.6 is 0 Å². The quantitative estimate of drug-likeness (QED) is 0.596. The Balaban J connectivity index is 2.03. The molecule has 0 aromatic heterocycles. The standard InChI is InChI=1S/C9H19NO2/c1-12-6-2-3-8-4-5-9(7-11)10-8/h8-11H,2-7H2,1H3. The van der Waals surface area contributed by atoms with Gasteiger partial charge in [-0.3, -0.25) is 0 Å². The van der Waals surface area contributed by atoms with Crippen LogP contribution in [-0.4, -0.2) is 37.5 Å². The third-order valence-electron chi connectivity index (χ3n) is 2.46. The Hall–Kier alpha value is -0.120. The molecule has 1 fully saturated rings. The summed E-state index contributed by atoms with van der Waals surface area (Å²) in [6.45, 7) is 1.13.